The quantitative estimate of drug-likeness (QED) is 0.823. The number of aryl methyl sites for hydroxylation is 1. The highest BCUT2D eigenvalue weighted by atomic mass is 79.9. The molecule has 96 valence electrons. The summed E-state index contributed by atoms with van der Waals surface area (Å²) in [5, 5.41) is 3.57. The van der Waals surface area contributed by atoms with E-state index in [0.717, 1.165) is 17.4 Å². The summed E-state index contributed by atoms with van der Waals surface area (Å²) in [5.41, 5.74) is 1.31. The third-order valence-electron chi connectivity index (χ3n) is 2.96. The van der Waals surface area contributed by atoms with Crippen molar-refractivity contribution in [3.05, 3.63) is 56.2 Å². The fourth-order valence-corrected chi connectivity index (χ4v) is 3.26. The Labute approximate surface area is 121 Å². The molecule has 1 N–H and O–H groups in total. The summed E-state index contributed by atoms with van der Waals surface area (Å²) in [5.74, 6) is 0. The predicted octanol–water partition coefficient (Wildman–Crippen LogP) is 4.92. The number of nitrogens with one attached hydrogen (secondary N) is 1. The first kappa shape index (κ1) is 13.8. The van der Waals surface area contributed by atoms with Crippen LogP contribution in [0.3, 0.4) is 0 Å². The molecule has 0 aliphatic carbocycles. The molecule has 0 saturated heterocycles. The highest BCUT2D eigenvalue weighted by molar-refractivity contribution is 9.10. The molecule has 0 aliphatic rings. The number of halogens is 1. The molecule has 1 aromatic heterocycles. The zero-order valence-corrected chi connectivity index (χ0v) is 13.1. The maximum Gasteiger partial charge on any atom is 0.0388 e. The lowest BCUT2D eigenvalue weighted by Gasteiger charge is -2.12. The Morgan fingerprint density at radius 1 is 1.28 bits per heavy atom. The van der Waals surface area contributed by atoms with Crippen LogP contribution in [0, 0.1) is 0 Å². The van der Waals surface area contributed by atoms with Crippen molar-refractivity contribution >= 4 is 27.3 Å². The first-order valence-corrected chi connectivity index (χ1v) is 7.86. The average molecular weight is 324 g/mol. The molecule has 0 fully saturated rings. The van der Waals surface area contributed by atoms with Crippen LogP contribution in [0.4, 0.5) is 0 Å². The third kappa shape index (κ3) is 3.67. The molecule has 0 radical (unpaired) electrons. The van der Waals surface area contributed by atoms with Crippen molar-refractivity contribution in [1.29, 1.82) is 0 Å². The van der Waals surface area contributed by atoms with E-state index in [1.807, 2.05) is 11.3 Å². The second-order valence-electron chi connectivity index (χ2n) is 4.39. The second-order valence-corrected chi connectivity index (χ2v) is 6.51. The predicted molar refractivity (Wildman–Crippen MR) is 83.1 cm³/mol. The molecule has 18 heavy (non-hydrogen) atoms. The van der Waals surface area contributed by atoms with Crippen LogP contribution in [0.25, 0.3) is 0 Å². The summed E-state index contributed by atoms with van der Waals surface area (Å²) < 4.78 is 1.14. The second kappa shape index (κ2) is 6.50. The molecule has 1 unspecified atom stereocenters. The summed E-state index contributed by atoms with van der Waals surface area (Å²) in [4.78, 5) is 2.88. The Morgan fingerprint density at radius 3 is 2.78 bits per heavy atom. The van der Waals surface area contributed by atoms with Crippen molar-refractivity contribution in [2.24, 2.45) is 0 Å². The Bertz CT molecular complexity index is 507. The van der Waals surface area contributed by atoms with Crippen molar-refractivity contribution in [3.63, 3.8) is 0 Å². The van der Waals surface area contributed by atoms with Crippen LogP contribution in [-0.2, 0) is 13.0 Å². The molecule has 0 spiro atoms. The molecule has 0 bridgehead atoms. The van der Waals surface area contributed by atoms with Crippen molar-refractivity contribution in [3.8, 4) is 0 Å². The normalized spacial score (nSPS) is 12.6. The Kier molecular flexibility index (Phi) is 4.98. The van der Waals surface area contributed by atoms with Gasteiger partial charge in [-0.05, 0) is 43.2 Å². The van der Waals surface area contributed by atoms with E-state index in [2.05, 4.69) is 71.5 Å². The van der Waals surface area contributed by atoms with Crippen LogP contribution < -0.4 is 5.32 Å². The first-order valence-electron chi connectivity index (χ1n) is 6.25. The lowest BCUT2D eigenvalue weighted by atomic mass is 10.2. The molecule has 2 aromatic rings. The van der Waals surface area contributed by atoms with E-state index in [1.54, 1.807) is 0 Å². The molecule has 0 aliphatic heterocycles. The van der Waals surface area contributed by atoms with Gasteiger partial charge in [0.2, 0.25) is 0 Å². The molecule has 3 heteroatoms. The maximum absolute atomic E-state index is 3.57. The molecule has 1 heterocycles. The minimum Gasteiger partial charge on any atom is -0.305 e. The van der Waals surface area contributed by atoms with E-state index in [1.165, 1.54) is 15.3 Å². The van der Waals surface area contributed by atoms with Crippen molar-refractivity contribution in [2.75, 3.05) is 0 Å². The van der Waals surface area contributed by atoms with E-state index in [-0.39, 0.29) is 0 Å². The smallest absolute Gasteiger partial charge is 0.0388 e. The van der Waals surface area contributed by atoms with E-state index in [0.29, 0.717) is 6.04 Å². The van der Waals surface area contributed by atoms with Gasteiger partial charge in [-0.3, -0.25) is 0 Å². The fourth-order valence-electron chi connectivity index (χ4n) is 1.84. The summed E-state index contributed by atoms with van der Waals surface area (Å²) in [7, 11) is 0. The zero-order valence-electron chi connectivity index (χ0n) is 10.7. The van der Waals surface area contributed by atoms with Gasteiger partial charge < -0.3 is 5.32 Å². The number of hydrogen-bond donors (Lipinski definition) is 1. The molecule has 1 nitrogen and oxygen atoms in total. The van der Waals surface area contributed by atoms with E-state index in [4.69, 9.17) is 0 Å². The van der Waals surface area contributed by atoms with Gasteiger partial charge in [-0.1, -0.05) is 35.0 Å². The summed E-state index contributed by atoms with van der Waals surface area (Å²) in [6.45, 7) is 5.33. The van der Waals surface area contributed by atoms with Gasteiger partial charge in [-0.25, -0.2) is 0 Å². The number of thiophene rings is 1. The molecular formula is C15H18BrNS. The van der Waals surface area contributed by atoms with E-state index < -0.39 is 0 Å². The van der Waals surface area contributed by atoms with Crippen molar-refractivity contribution < 1.29 is 0 Å². The monoisotopic (exact) mass is 323 g/mol. The number of benzene rings is 1. The van der Waals surface area contributed by atoms with Crippen LogP contribution >= 0.6 is 27.3 Å². The standard InChI is InChI=1S/C15H18BrNS/c1-3-14-7-8-15(18-14)11(2)17-10-12-5-4-6-13(16)9-12/h4-9,11,17H,3,10H2,1-2H3. The van der Waals surface area contributed by atoms with Crippen molar-refractivity contribution in [1.82, 2.24) is 5.32 Å². The van der Waals surface area contributed by atoms with Gasteiger partial charge >= 0.3 is 0 Å². The highest BCUT2D eigenvalue weighted by Gasteiger charge is 2.07. The number of hydrogen-bond acceptors (Lipinski definition) is 2. The lowest BCUT2D eigenvalue weighted by molar-refractivity contribution is 0.583. The van der Waals surface area contributed by atoms with Crippen LogP contribution in [0.15, 0.2) is 40.9 Å². The van der Waals surface area contributed by atoms with E-state index in [9.17, 15) is 0 Å². The lowest BCUT2D eigenvalue weighted by Crippen LogP contribution is -2.17. The Balaban J connectivity index is 1.93. The van der Waals surface area contributed by atoms with Gasteiger partial charge in [-0.15, -0.1) is 11.3 Å². The van der Waals surface area contributed by atoms with Crippen LogP contribution in [0.5, 0.6) is 0 Å². The zero-order chi connectivity index (χ0) is 13.0. The highest BCUT2D eigenvalue weighted by Crippen LogP contribution is 2.23. The van der Waals surface area contributed by atoms with Gasteiger partial charge in [0.15, 0.2) is 0 Å². The largest absolute Gasteiger partial charge is 0.305 e. The third-order valence-corrected chi connectivity index (χ3v) is 4.86. The molecule has 0 saturated carbocycles. The summed E-state index contributed by atoms with van der Waals surface area (Å²) in [6, 6.07) is 13.3. The maximum atomic E-state index is 3.57. The van der Waals surface area contributed by atoms with Crippen LogP contribution in [0.2, 0.25) is 0 Å². The molecule has 2 rings (SSSR count). The molecular weight excluding hydrogens is 306 g/mol. The Morgan fingerprint density at radius 2 is 2.11 bits per heavy atom. The molecule has 1 aromatic carbocycles. The summed E-state index contributed by atoms with van der Waals surface area (Å²) in [6.07, 6.45) is 1.13. The van der Waals surface area contributed by atoms with Gasteiger partial charge in [0, 0.05) is 26.8 Å². The number of rotatable bonds is 5. The molecule has 0 amide bonds. The van der Waals surface area contributed by atoms with Crippen LogP contribution in [0.1, 0.15) is 35.2 Å². The van der Waals surface area contributed by atoms with Gasteiger partial charge in [0.1, 0.15) is 0 Å². The Hall–Kier alpha value is -0.640. The van der Waals surface area contributed by atoms with Crippen LogP contribution in [-0.4, -0.2) is 0 Å². The average Bonchev–Trinajstić information content (AvgIpc) is 2.85. The molecule has 1 atom stereocenters. The first-order chi connectivity index (χ1) is 8.69. The van der Waals surface area contributed by atoms with Crippen molar-refractivity contribution in [2.45, 2.75) is 32.9 Å². The topological polar surface area (TPSA) is 12.0 Å². The minimum absolute atomic E-state index is 0.411. The fraction of sp³-hybridized carbons (Fsp3) is 0.333. The minimum atomic E-state index is 0.411. The summed E-state index contributed by atoms with van der Waals surface area (Å²) >= 11 is 5.41. The SMILES string of the molecule is CCc1ccc(C(C)NCc2cccc(Br)c2)s1. The van der Waals surface area contributed by atoms with Gasteiger partial charge in [0.05, 0.1) is 0 Å². The van der Waals surface area contributed by atoms with E-state index >= 15 is 0 Å². The van der Waals surface area contributed by atoms with Gasteiger partial charge in [0.25, 0.3) is 0 Å². The van der Waals surface area contributed by atoms with Gasteiger partial charge in [-0.2, -0.15) is 0 Å².